The van der Waals surface area contributed by atoms with Crippen molar-refractivity contribution >= 4 is 21.9 Å². The summed E-state index contributed by atoms with van der Waals surface area (Å²) in [5.41, 5.74) is 20.4. The van der Waals surface area contributed by atoms with E-state index in [1.54, 1.807) is 0 Å². The molecule has 0 amide bonds. The van der Waals surface area contributed by atoms with Crippen LogP contribution >= 0.6 is 0 Å². The minimum absolute atomic E-state index is 0.445. The normalized spacial score (nSPS) is 12.5. The summed E-state index contributed by atoms with van der Waals surface area (Å²) in [6, 6.07) is 91.4. The Bertz CT molecular complexity index is 3740. The summed E-state index contributed by atoms with van der Waals surface area (Å²) in [7, 11) is 0. The lowest BCUT2D eigenvalue weighted by Gasteiger charge is -2.33. The average molecular weight is 867 g/mol. The van der Waals surface area contributed by atoms with Gasteiger partial charge in [0.2, 0.25) is 0 Å². The number of rotatable bonds is 8. The summed E-state index contributed by atoms with van der Waals surface area (Å²) in [5.74, 6) is 0.684. The van der Waals surface area contributed by atoms with Crippen molar-refractivity contribution in [2.45, 2.75) is 5.41 Å². The number of hydrogen-bond donors (Lipinski definition) is 0. The van der Waals surface area contributed by atoms with Crippen LogP contribution in [0.4, 0.5) is 0 Å². The summed E-state index contributed by atoms with van der Waals surface area (Å²) >= 11 is 0. The lowest BCUT2D eigenvalue weighted by molar-refractivity contribution is 0.669. The summed E-state index contributed by atoms with van der Waals surface area (Å²) < 4.78 is 6.28. The molecular formula is C65H42N2O. The molecule has 1 aliphatic carbocycles. The van der Waals surface area contributed by atoms with Gasteiger partial charge in [-0.2, -0.15) is 0 Å². The number of fused-ring (bicyclic) bond motifs is 6. The predicted octanol–water partition coefficient (Wildman–Crippen LogP) is 16.7. The largest absolute Gasteiger partial charge is 0.456 e. The van der Waals surface area contributed by atoms with Crippen molar-refractivity contribution in [1.29, 1.82) is 0 Å². The summed E-state index contributed by atoms with van der Waals surface area (Å²) in [6.07, 6.45) is 0. The van der Waals surface area contributed by atoms with E-state index < -0.39 is 5.41 Å². The first-order valence-electron chi connectivity index (χ1n) is 23.2. The zero-order valence-electron chi connectivity index (χ0n) is 37.1. The number of furan rings is 1. The SMILES string of the molecule is c1ccc(-c2cc(-c3cc(-c4cccc(-c5ccc6c(c5)-c5ccccc5C6(c5ccccc5)c5ccccc5)c4)cc(-c4ccc5oc6ccccc6c5c4)c3)nc(-c3ccccc3)n2)cc1. The van der Waals surface area contributed by atoms with Crippen LogP contribution in [0.1, 0.15) is 22.3 Å². The van der Waals surface area contributed by atoms with Gasteiger partial charge < -0.3 is 4.42 Å². The molecule has 0 bridgehead atoms. The van der Waals surface area contributed by atoms with Gasteiger partial charge >= 0.3 is 0 Å². The van der Waals surface area contributed by atoms with Crippen LogP contribution in [-0.4, -0.2) is 9.97 Å². The molecule has 0 unspecified atom stereocenters. The van der Waals surface area contributed by atoms with Crippen LogP contribution in [0.25, 0.3) is 100 Å². The van der Waals surface area contributed by atoms with E-state index in [0.29, 0.717) is 5.82 Å². The van der Waals surface area contributed by atoms with Crippen LogP contribution < -0.4 is 0 Å². The first-order chi connectivity index (χ1) is 33.7. The van der Waals surface area contributed by atoms with Crippen LogP contribution in [-0.2, 0) is 5.41 Å². The van der Waals surface area contributed by atoms with Gasteiger partial charge in [0.15, 0.2) is 5.82 Å². The van der Waals surface area contributed by atoms with Gasteiger partial charge in [0.1, 0.15) is 11.2 Å². The average Bonchev–Trinajstić information content (AvgIpc) is 3.95. The molecule has 3 heteroatoms. The van der Waals surface area contributed by atoms with Crippen molar-refractivity contribution in [3.8, 4) is 78.4 Å². The second kappa shape index (κ2) is 16.2. The van der Waals surface area contributed by atoms with Crippen molar-refractivity contribution in [2.75, 3.05) is 0 Å². The molecule has 0 saturated heterocycles. The van der Waals surface area contributed by atoms with E-state index in [0.717, 1.165) is 77.8 Å². The Morgan fingerprint density at radius 2 is 0.765 bits per heavy atom. The van der Waals surface area contributed by atoms with Crippen LogP contribution in [0.15, 0.2) is 259 Å². The number of hydrogen-bond acceptors (Lipinski definition) is 3. The fourth-order valence-electron chi connectivity index (χ4n) is 10.6. The highest BCUT2D eigenvalue weighted by atomic mass is 16.3. The smallest absolute Gasteiger partial charge is 0.160 e. The van der Waals surface area contributed by atoms with Crippen LogP contribution in [0.3, 0.4) is 0 Å². The van der Waals surface area contributed by atoms with E-state index in [2.05, 4.69) is 218 Å². The fraction of sp³-hybridized carbons (Fsp3) is 0.0154. The molecule has 12 aromatic rings. The molecule has 0 N–H and O–H groups in total. The van der Waals surface area contributed by atoms with Crippen LogP contribution in [0.5, 0.6) is 0 Å². The molecule has 10 aromatic carbocycles. The van der Waals surface area contributed by atoms with Gasteiger partial charge in [0, 0.05) is 27.5 Å². The molecule has 68 heavy (non-hydrogen) atoms. The number of benzene rings is 10. The van der Waals surface area contributed by atoms with Gasteiger partial charge in [-0.25, -0.2) is 9.97 Å². The molecule has 13 rings (SSSR count). The molecule has 0 fully saturated rings. The molecule has 3 nitrogen and oxygen atoms in total. The van der Waals surface area contributed by atoms with Crippen LogP contribution in [0.2, 0.25) is 0 Å². The maximum Gasteiger partial charge on any atom is 0.160 e. The second-order valence-electron chi connectivity index (χ2n) is 17.7. The molecule has 0 aliphatic heterocycles. The van der Waals surface area contributed by atoms with Crippen molar-refractivity contribution in [1.82, 2.24) is 9.97 Å². The third-order valence-corrected chi connectivity index (χ3v) is 13.8. The Labute approximate surface area is 395 Å². The van der Waals surface area contributed by atoms with Gasteiger partial charge in [0.25, 0.3) is 0 Å². The molecule has 1 aliphatic rings. The highest BCUT2D eigenvalue weighted by molar-refractivity contribution is 6.06. The van der Waals surface area contributed by atoms with Crippen molar-refractivity contribution in [2.24, 2.45) is 0 Å². The van der Waals surface area contributed by atoms with E-state index in [-0.39, 0.29) is 0 Å². The highest BCUT2D eigenvalue weighted by Gasteiger charge is 2.46. The summed E-state index contributed by atoms with van der Waals surface area (Å²) in [5, 5.41) is 2.19. The first kappa shape index (κ1) is 39.4. The molecule has 2 aromatic heterocycles. The number of para-hydroxylation sites is 1. The fourth-order valence-corrected chi connectivity index (χ4v) is 10.6. The second-order valence-corrected chi connectivity index (χ2v) is 17.7. The Hall–Kier alpha value is -8.92. The monoisotopic (exact) mass is 866 g/mol. The van der Waals surface area contributed by atoms with Gasteiger partial charge in [0.05, 0.1) is 16.8 Å². The van der Waals surface area contributed by atoms with Gasteiger partial charge in [-0.15, -0.1) is 0 Å². The number of aromatic nitrogens is 2. The highest BCUT2D eigenvalue weighted by Crippen LogP contribution is 2.56. The predicted molar refractivity (Wildman–Crippen MR) is 279 cm³/mol. The zero-order chi connectivity index (χ0) is 45.0. The molecular weight excluding hydrogens is 825 g/mol. The number of nitrogens with zero attached hydrogens (tertiary/aromatic N) is 2. The molecule has 0 radical (unpaired) electrons. The Kier molecular flexibility index (Phi) is 9.40. The van der Waals surface area contributed by atoms with E-state index >= 15 is 0 Å². The quantitative estimate of drug-likeness (QED) is 0.153. The minimum atomic E-state index is -0.445. The maximum atomic E-state index is 6.28. The molecule has 0 spiro atoms. The Balaban J connectivity index is 0.984. The Morgan fingerprint density at radius 1 is 0.279 bits per heavy atom. The van der Waals surface area contributed by atoms with E-state index in [9.17, 15) is 0 Å². The zero-order valence-corrected chi connectivity index (χ0v) is 37.1. The van der Waals surface area contributed by atoms with Gasteiger partial charge in [-0.05, 0) is 121 Å². The van der Waals surface area contributed by atoms with Crippen molar-refractivity contribution < 1.29 is 4.42 Å². The first-order valence-corrected chi connectivity index (χ1v) is 23.2. The van der Waals surface area contributed by atoms with E-state index in [4.69, 9.17) is 14.4 Å². The van der Waals surface area contributed by atoms with Crippen molar-refractivity contribution in [3.05, 3.63) is 277 Å². The summed E-state index contributed by atoms with van der Waals surface area (Å²) in [6.45, 7) is 0. The lowest BCUT2D eigenvalue weighted by atomic mass is 9.67. The molecule has 0 saturated carbocycles. The van der Waals surface area contributed by atoms with Gasteiger partial charge in [-0.1, -0.05) is 200 Å². The minimum Gasteiger partial charge on any atom is -0.456 e. The standard InChI is InChI=1S/C65H42N2O/c1-5-18-43(19-6-1)60-42-61(67-64(66-60)44-20-7-2-8-21-44)51-38-49(37-50(39-51)48-33-35-63-57(41-48)55-29-14-16-31-62(55)68-63)46-23-17-22-45(36-46)47-32-34-59-56(40-47)54-28-13-15-30-58(54)65(59,52-24-9-3-10-25-52)53-26-11-4-12-27-53/h1-42H. The summed E-state index contributed by atoms with van der Waals surface area (Å²) in [4.78, 5) is 10.4. The third kappa shape index (κ3) is 6.59. The molecule has 2 heterocycles. The maximum absolute atomic E-state index is 6.28. The molecule has 318 valence electrons. The van der Waals surface area contributed by atoms with E-state index in [1.165, 1.54) is 38.9 Å². The molecule has 0 atom stereocenters. The topological polar surface area (TPSA) is 38.9 Å². The Morgan fingerprint density at radius 3 is 1.49 bits per heavy atom. The van der Waals surface area contributed by atoms with Crippen LogP contribution in [0, 0.1) is 0 Å². The van der Waals surface area contributed by atoms with E-state index in [1.807, 2.05) is 36.4 Å². The third-order valence-electron chi connectivity index (χ3n) is 13.8. The van der Waals surface area contributed by atoms with Gasteiger partial charge in [-0.3, -0.25) is 0 Å². The lowest BCUT2D eigenvalue weighted by Crippen LogP contribution is -2.28. The van der Waals surface area contributed by atoms with Crippen molar-refractivity contribution in [3.63, 3.8) is 0 Å².